The van der Waals surface area contributed by atoms with Gasteiger partial charge in [0.15, 0.2) is 0 Å². The highest BCUT2D eigenvalue weighted by atomic mass is 19.1. The van der Waals surface area contributed by atoms with E-state index in [0.29, 0.717) is 5.56 Å². The van der Waals surface area contributed by atoms with E-state index in [2.05, 4.69) is 12.2 Å². The van der Waals surface area contributed by atoms with Crippen LogP contribution in [0, 0.1) is 19.7 Å². The molecule has 1 aromatic carbocycles. The Morgan fingerprint density at radius 3 is 2.63 bits per heavy atom. The van der Waals surface area contributed by atoms with E-state index in [-0.39, 0.29) is 11.9 Å². The van der Waals surface area contributed by atoms with Crippen LogP contribution >= 0.6 is 0 Å². The van der Waals surface area contributed by atoms with Crippen molar-refractivity contribution < 1.29 is 8.81 Å². The smallest absolute Gasteiger partial charge is 0.128 e. The maximum Gasteiger partial charge on any atom is 0.128 e. The molecule has 1 N–H and O–H groups in total. The van der Waals surface area contributed by atoms with Gasteiger partial charge in [-0.2, -0.15) is 0 Å². The van der Waals surface area contributed by atoms with Crippen LogP contribution in [0.15, 0.2) is 34.9 Å². The molecule has 19 heavy (non-hydrogen) atoms. The first-order chi connectivity index (χ1) is 9.13. The van der Waals surface area contributed by atoms with Crippen LogP contribution in [-0.2, 0) is 0 Å². The van der Waals surface area contributed by atoms with E-state index < -0.39 is 0 Å². The summed E-state index contributed by atoms with van der Waals surface area (Å²) in [6, 6.07) is 6.97. The number of benzene rings is 1. The molecule has 2 nitrogen and oxygen atoms in total. The Bertz CT molecular complexity index is 547. The van der Waals surface area contributed by atoms with Gasteiger partial charge in [-0.25, -0.2) is 4.39 Å². The molecule has 0 aliphatic heterocycles. The second-order valence-electron chi connectivity index (χ2n) is 4.84. The zero-order chi connectivity index (χ0) is 13.8. The Morgan fingerprint density at radius 1 is 1.21 bits per heavy atom. The third kappa shape index (κ3) is 3.04. The van der Waals surface area contributed by atoms with Gasteiger partial charge < -0.3 is 9.73 Å². The van der Waals surface area contributed by atoms with Crippen LogP contribution < -0.4 is 5.32 Å². The SMILES string of the molecule is CCCNC(c1cc(C)ccc1F)c1ccoc1C. The standard InChI is InChI=1S/C16H20FNO/c1-4-8-18-16(13-7-9-19-12(13)3)14-10-11(2)5-6-15(14)17/h5-7,9-10,16,18H,4,8H2,1-3H3. The minimum Gasteiger partial charge on any atom is -0.469 e. The molecular formula is C16H20FNO. The van der Waals surface area contributed by atoms with Crippen molar-refractivity contribution in [2.45, 2.75) is 33.2 Å². The topological polar surface area (TPSA) is 25.2 Å². The van der Waals surface area contributed by atoms with E-state index in [1.54, 1.807) is 12.3 Å². The van der Waals surface area contributed by atoms with Crippen molar-refractivity contribution in [1.82, 2.24) is 5.32 Å². The van der Waals surface area contributed by atoms with Crippen LogP contribution in [0.25, 0.3) is 0 Å². The second kappa shape index (κ2) is 6.02. The van der Waals surface area contributed by atoms with Crippen molar-refractivity contribution in [2.24, 2.45) is 0 Å². The highest BCUT2D eigenvalue weighted by Crippen LogP contribution is 2.28. The predicted octanol–water partition coefficient (Wildman–Crippen LogP) is 4.12. The van der Waals surface area contributed by atoms with E-state index in [9.17, 15) is 4.39 Å². The lowest BCUT2D eigenvalue weighted by atomic mass is 9.97. The molecule has 3 heteroatoms. The highest BCUT2D eigenvalue weighted by Gasteiger charge is 2.20. The molecule has 0 amide bonds. The minimum atomic E-state index is -0.181. The first-order valence-corrected chi connectivity index (χ1v) is 6.67. The summed E-state index contributed by atoms with van der Waals surface area (Å²) < 4.78 is 19.5. The van der Waals surface area contributed by atoms with Crippen molar-refractivity contribution in [3.8, 4) is 0 Å². The second-order valence-corrected chi connectivity index (χ2v) is 4.84. The molecule has 0 spiro atoms. The zero-order valence-corrected chi connectivity index (χ0v) is 11.7. The number of nitrogens with one attached hydrogen (secondary N) is 1. The van der Waals surface area contributed by atoms with Gasteiger partial charge >= 0.3 is 0 Å². The Hall–Kier alpha value is -1.61. The first kappa shape index (κ1) is 13.8. The van der Waals surface area contributed by atoms with Crippen LogP contribution in [-0.4, -0.2) is 6.54 Å². The fraction of sp³-hybridized carbons (Fsp3) is 0.375. The van der Waals surface area contributed by atoms with Crippen LogP contribution in [0.4, 0.5) is 4.39 Å². The van der Waals surface area contributed by atoms with E-state index in [1.807, 2.05) is 26.0 Å². The Morgan fingerprint density at radius 2 is 2.00 bits per heavy atom. The van der Waals surface area contributed by atoms with Crippen molar-refractivity contribution >= 4 is 0 Å². The Labute approximate surface area is 113 Å². The van der Waals surface area contributed by atoms with Gasteiger partial charge in [0.1, 0.15) is 11.6 Å². The summed E-state index contributed by atoms with van der Waals surface area (Å²) in [4.78, 5) is 0. The predicted molar refractivity (Wildman–Crippen MR) is 74.7 cm³/mol. The highest BCUT2D eigenvalue weighted by molar-refractivity contribution is 5.36. The monoisotopic (exact) mass is 261 g/mol. The van der Waals surface area contributed by atoms with Gasteiger partial charge in [-0.15, -0.1) is 0 Å². The third-order valence-corrected chi connectivity index (χ3v) is 3.27. The van der Waals surface area contributed by atoms with Crippen molar-refractivity contribution in [3.05, 3.63) is 58.8 Å². The fourth-order valence-electron chi connectivity index (χ4n) is 2.25. The lowest BCUT2D eigenvalue weighted by molar-refractivity contribution is 0.508. The largest absolute Gasteiger partial charge is 0.469 e. The zero-order valence-electron chi connectivity index (χ0n) is 11.7. The van der Waals surface area contributed by atoms with Crippen LogP contribution in [0.3, 0.4) is 0 Å². The molecule has 1 atom stereocenters. The summed E-state index contributed by atoms with van der Waals surface area (Å²) in [6.45, 7) is 6.81. The van der Waals surface area contributed by atoms with Crippen LogP contribution in [0.5, 0.6) is 0 Å². The molecular weight excluding hydrogens is 241 g/mol. The Kier molecular flexibility index (Phi) is 4.38. The summed E-state index contributed by atoms with van der Waals surface area (Å²) in [5, 5.41) is 3.40. The van der Waals surface area contributed by atoms with E-state index >= 15 is 0 Å². The van der Waals surface area contributed by atoms with Gasteiger partial charge in [0.2, 0.25) is 0 Å². The summed E-state index contributed by atoms with van der Waals surface area (Å²) in [6.07, 6.45) is 2.65. The summed E-state index contributed by atoms with van der Waals surface area (Å²) >= 11 is 0. The molecule has 1 aromatic heterocycles. The number of aryl methyl sites for hydroxylation is 2. The van der Waals surface area contributed by atoms with Crippen LogP contribution in [0.1, 0.15) is 41.8 Å². The van der Waals surface area contributed by atoms with Gasteiger partial charge in [0, 0.05) is 11.1 Å². The summed E-state index contributed by atoms with van der Waals surface area (Å²) in [7, 11) is 0. The molecule has 0 aliphatic rings. The Balaban J connectivity index is 2.42. The number of halogens is 1. The fourth-order valence-corrected chi connectivity index (χ4v) is 2.25. The average Bonchev–Trinajstić information content (AvgIpc) is 2.80. The number of furan rings is 1. The van der Waals surface area contributed by atoms with Crippen LogP contribution in [0.2, 0.25) is 0 Å². The molecule has 2 aromatic rings. The van der Waals surface area contributed by atoms with E-state index in [4.69, 9.17) is 4.42 Å². The number of hydrogen-bond acceptors (Lipinski definition) is 2. The lowest BCUT2D eigenvalue weighted by Crippen LogP contribution is -2.24. The van der Waals surface area contributed by atoms with Gasteiger partial charge in [-0.1, -0.05) is 24.6 Å². The first-order valence-electron chi connectivity index (χ1n) is 6.67. The lowest BCUT2D eigenvalue weighted by Gasteiger charge is -2.19. The average molecular weight is 261 g/mol. The quantitative estimate of drug-likeness (QED) is 0.875. The van der Waals surface area contributed by atoms with Gasteiger partial charge in [0.05, 0.1) is 12.3 Å². The van der Waals surface area contributed by atoms with E-state index in [0.717, 1.165) is 29.9 Å². The maximum atomic E-state index is 14.1. The maximum absolute atomic E-state index is 14.1. The van der Waals surface area contributed by atoms with Crippen molar-refractivity contribution in [3.63, 3.8) is 0 Å². The van der Waals surface area contributed by atoms with Crippen molar-refractivity contribution in [2.75, 3.05) is 6.54 Å². The minimum absolute atomic E-state index is 0.154. The molecule has 0 fully saturated rings. The summed E-state index contributed by atoms with van der Waals surface area (Å²) in [5.74, 6) is 0.648. The van der Waals surface area contributed by atoms with Gasteiger partial charge in [-0.05, 0) is 38.9 Å². The third-order valence-electron chi connectivity index (χ3n) is 3.27. The molecule has 0 aliphatic carbocycles. The summed E-state index contributed by atoms with van der Waals surface area (Å²) in [5.41, 5.74) is 2.73. The van der Waals surface area contributed by atoms with Gasteiger partial charge in [0.25, 0.3) is 0 Å². The molecule has 1 heterocycles. The molecule has 0 saturated heterocycles. The molecule has 102 valence electrons. The number of hydrogen-bond donors (Lipinski definition) is 1. The normalized spacial score (nSPS) is 12.6. The molecule has 2 rings (SSSR count). The molecule has 0 radical (unpaired) electrons. The molecule has 1 unspecified atom stereocenters. The number of rotatable bonds is 5. The van der Waals surface area contributed by atoms with Gasteiger partial charge in [-0.3, -0.25) is 0 Å². The van der Waals surface area contributed by atoms with Crippen molar-refractivity contribution in [1.29, 1.82) is 0 Å². The molecule has 0 saturated carbocycles. The molecule has 0 bridgehead atoms. The van der Waals surface area contributed by atoms with E-state index in [1.165, 1.54) is 6.07 Å².